The van der Waals surface area contributed by atoms with Crippen molar-refractivity contribution in [3.63, 3.8) is 0 Å². The lowest BCUT2D eigenvalue weighted by molar-refractivity contribution is 0.0198. The highest BCUT2D eigenvalue weighted by molar-refractivity contribution is 9.09. The lowest BCUT2D eigenvalue weighted by atomic mass is 9.93. The number of halogens is 1. The summed E-state index contributed by atoms with van der Waals surface area (Å²) in [6, 6.07) is 5.95. The maximum Gasteiger partial charge on any atom is 0.323 e. The molecule has 0 saturated carbocycles. The van der Waals surface area contributed by atoms with E-state index < -0.39 is 0 Å². The van der Waals surface area contributed by atoms with Gasteiger partial charge in [-0.15, -0.1) is 0 Å². The second kappa shape index (κ2) is 4.24. The lowest BCUT2D eigenvalue weighted by Gasteiger charge is -2.29. The first-order chi connectivity index (χ1) is 8.58. The molecule has 2 N–H and O–H groups in total. The number of fused-ring (bicyclic) bond motifs is 1. The third-order valence-electron chi connectivity index (χ3n) is 3.62. The van der Waals surface area contributed by atoms with Crippen LogP contribution in [0.3, 0.4) is 0 Å². The summed E-state index contributed by atoms with van der Waals surface area (Å²) in [5.74, 6) is 0. The molecule has 4 nitrogen and oxygen atoms in total. The van der Waals surface area contributed by atoms with Crippen LogP contribution >= 0.6 is 15.9 Å². The fourth-order valence-corrected chi connectivity index (χ4v) is 3.21. The van der Waals surface area contributed by atoms with Gasteiger partial charge in [-0.25, -0.2) is 4.79 Å². The van der Waals surface area contributed by atoms with Crippen LogP contribution in [0.5, 0.6) is 0 Å². The number of imidazole rings is 1. The summed E-state index contributed by atoms with van der Waals surface area (Å²) < 4.78 is 5.85. The zero-order valence-corrected chi connectivity index (χ0v) is 11.7. The Kier molecular flexibility index (Phi) is 2.83. The Balaban J connectivity index is 2.00. The van der Waals surface area contributed by atoms with Crippen LogP contribution in [0.1, 0.15) is 30.2 Å². The van der Waals surface area contributed by atoms with Gasteiger partial charge in [-0.1, -0.05) is 22.0 Å². The highest BCUT2D eigenvalue weighted by Gasteiger charge is 2.37. The normalized spacial score (nSPS) is 25.7. The van der Waals surface area contributed by atoms with Gasteiger partial charge in [-0.05, 0) is 37.5 Å². The van der Waals surface area contributed by atoms with E-state index in [4.69, 9.17) is 4.74 Å². The van der Waals surface area contributed by atoms with E-state index in [1.165, 1.54) is 0 Å². The molecule has 1 aliphatic heterocycles. The SMILES string of the molecule is CC1(C(Br)c2ccc3[nH]c(=O)[nH]c3c2)CCCO1. The van der Waals surface area contributed by atoms with Crippen molar-refractivity contribution in [2.75, 3.05) is 6.61 Å². The van der Waals surface area contributed by atoms with E-state index in [-0.39, 0.29) is 16.1 Å². The Labute approximate surface area is 113 Å². The summed E-state index contributed by atoms with van der Waals surface area (Å²) in [6.45, 7) is 2.95. The Hall–Kier alpha value is -1.07. The molecule has 0 radical (unpaired) electrons. The largest absolute Gasteiger partial charge is 0.374 e. The van der Waals surface area contributed by atoms with Gasteiger partial charge in [-0.2, -0.15) is 0 Å². The van der Waals surface area contributed by atoms with Crippen LogP contribution in [0, 0.1) is 0 Å². The lowest BCUT2D eigenvalue weighted by Crippen LogP contribution is -2.28. The quantitative estimate of drug-likeness (QED) is 0.838. The highest BCUT2D eigenvalue weighted by Crippen LogP contribution is 2.43. The fourth-order valence-electron chi connectivity index (χ4n) is 2.56. The second-order valence-electron chi connectivity index (χ2n) is 5.01. The molecule has 1 aliphatic rings. The van der Waals surface area contributed by atoms with Crippen molar-refractivity contribution in [1.82, 2.24) is 9.97 Å². The Morgan fingerprint density at radius 3 is 2.89 bits per heavy atom. The number of aromatic nitrogens is 2. The summed E-state index contributed by atoms with van der Waals surface area (Å²) in [4.78, 5) is 16.9. The minimum absolute atomic E-state index is 0.135. The number of aromatic amines is 2. The van der Waals surface area contributed by atoms with Gasteiger partial charge in [0.1, 0.15) is 0 Å². The molecule has 96 valence electrons. The summed E-state index contributed by atoms with van der Waals surface area (Å²) in [7, 11) is 0. The average molecular weight is 311 g/mol. The van der Waals surface area contributed by atoms with Gasteiger partial charge in [0, 0.05) is 6.61 Å². The summed E-state index contributed by atoms with van der Waals surface area (Å²) in [6.07, 6.45) is 2.15. The third-order valence-corrected chi connectivity index (χ3v) is 5.12. The monoisotopic (exact) mass is 310 g/mol. The molecule has 1 aromatic carbocycles. The minimum atomic E-state index is -0.170. The number of H-pyrrole nitrogens is 2. The second-order valence-corrected chi connectivity index (χ2v) is 5.93. The first kappa shape index (κ1) is 12.0. The Morgan fingerprint density at radius 1 is 1.39 bits per heavy atom. The minimum Gasteiger partial charge on any atom is -0.374 e. The summed E-state index contributed by atoms with van der Waals surface area (Å²) in [5, 5.41) is 0. The molecule has 0 amide bonds. The van der Waals surface area contributed by atoms with E-state index in [0.717, 1.165) is 36.0 Å². The van der Waals surface area contributed by atoms with Gasteiger partial charge in [0.05, 0.1) is 21.5 Å². The average Bonchev–Trinajstić information content (AvgIpc) is 2.93. The van der Waals surface area contributed by atoms with Crippen molar-refractivity contribution in [2.24, 2.45) is 0 Å². The standard InChI is InChI=1S/C13H15BrN2O2/c1-13(5-2-6-18-13)11(14)8-3-4-9-10(7-8)16-12(17)15-9/h3-4,7,11H,2,5-6H2,1H3,(H2,15,16,17). The van der Waals surface area contributed by atoms with Crippen molar-refractivity contribution in [2.45, 2.75) is 30.2 Å². The fraction of sp³-hybridized carbons (Fsp3) is 0.462. The van der Waals surface area contributed by atoms with Gasteiger partial charge in [0.2, 0.25) is 0 Å². The van der Waals surface area contributed by atoms with Crippen LogP contribution in [0.2, 0.25) is 0 Å². The molecule has 2 aromatic rings. The Morgan fingerprint density at radius 2 is 2.17 bits per heavy atom. The zero-order chi connectivity index (χ0) is 12.8. The first-order valence-electron chi connectivity index (χ1n) is 6.08. The van der Waals surface area contributed by atoms with Crippen molar-refractivity contribution in [1.29, 1.82) is 0 Å². The molecule has 0 aliphatic carbocycles. The molecular weight excluding hydrogens is 296 g/mol. The molecule has 1 aromatic heterocycles. The number of ether oxygens (including phenoxy) is 1. The molecule has 3 rings (SSSR count). The van der Waals surface area contributed by atoms with Gasteiger partial charge in [0.15, 0.2) is 0 Å². The number of nitrogens with one attached hydrogen (secondary N) is 2. The molecule has 2 atom stereocenters. The van der Waals surface area contributed by atoms with Crippen LogP contribution in [0.15, 0.2) is 23.0 Å². The molecule has 1 saturated heterocycles. The molecule has 18 heavy (non-hydrogen) atoms. The molecule has 1 fully saturated rings. The molecule has 5 heteroatoms. The number of hydrogen-bond donors (Lipinski definition) is 2. The molecule has 0 bridgehead atoms. The number of rotatable bonds is 2. The molecule has 0 spiro atoms. The van der Waals surface area contributed by atoms with E-state index in [1.807, 2.05) is 18.2 Å². The first-order valence-corrected chi connectivity index (χ1v) is 7.00. The van der Waals surface area contributed by atoms with Crippen molar-refractivity contribution < 1.29 is 4.74 Å². The van der Waals surface area contributed by atoms with Crippen LogP contribution in [-0.4, -0.2) is 22.2 Å². The van der Waals surface area contributed by atoms with Gasteiger partial charge >= 0.3 is 5.69 Å². The summed E-state index contributed by atoms with van der Waals surface area (Å²) in [5.41, 5.74) is 2.47. The number of alkyl halides is 1. The Bertz CT molecular complexity index is 625. The van der Waals surface area contributed by atoms with E-state index in [1.54, 1.807) is 0 Å². The van der Waals surface area contributed by atoms with E-state index >= 15 is 0 Å². The molecular formula is C13H15BrN2O2. The van der Waals surface area contributed by atoms with E-state index in [0.29, 0.717) is 0 Å². The van der Waals surface area contributed by atoms with Gasteiger partial charge in [-0.3, -0.25) is 0 Å². The van der Waals surface area contributed by atoms with Crippen LogP contribution in [0.4, 0.5) is 0 Å². The van der Waals surface area contributed by atoms with Crippen LogP contribution in [-0.2, 0) is 4.74 Å². The smallest absolute Gasteiger partial charge is 0.323 e. The van der Waals surface area contributed by atoms with Crippen LogP contribution in [0.25, 0.3) is 11.0 Å². The van der Waals surface area contributed by atoms with Gasteiger partial charge in [0.25, 0.3) is 0 Å². The van der Waals surface area contributed by atoms with E-state index in [9.17, 15) is 4.79 Å². The van der Waals surface area contributed by atoms with Crippen molar-refractivity contribution in [3.8, 4) is 0 Å². The van der Waals surface area contributed by atoms with E-state index in [2.05, 4.69) is 32.8 Å². The van der Waals surface area contributed by atoms with Crippen molar-refractivity contribution >= 4 is 27.0 Å². The van der Waals surface area contributed by atoms with Crippen molar-refractivity contribution in [3.05, 3.63) is 34.2 Å². The molecule has 2 heterocycles. The topological polar surface area (TPSA) is 57.9 Å². The van der Waals surface area contributed by atoms with Crippen LogP contribution < -0.4 is 5.69 Å². The number of hydrogen-bond acceptors (Lipinski definition) is 2. The number of benzene rings is 1. The predicted molar refractivity (Wildman–Crippen MR) is 74.2 cm³/mol. The third kappa shape index (κ3) is 1.91. The van der Waals surface area contributed by atoms with Gasteiger partial charge < -0.3 is 14.7 Å². The highest BCUT2D eigenvalue weighted by atomic mass is 79.9. The zero-order valence-electron chi connectivity index (χ0n) is 10.1. The summed E-state index contributed by atoms with van der Waals surface area (Å²) >= 11 is 3.73. The maximum absolute atomic E-state index is 11.2. The predicted octanol–water partition coefficient (Wildman–Crippen LogP) is 2.86. The maximum atomic E-state index is 11.2. The molecule has 2 unspecified atom stereocenters.